The summed E-state index contributed by atoms with van der Waals surface area (Å²) in [6.45, 7) is 2.42. The number of carbonyl (C=O) groups excluding carboxylic acids is 1. The van der Waals surface area contributed by atoms with E-state index in [1.165, 1.54) is 5.56 Å². The Hall–Kier alpha value is -2.07. The van der Waals surface area contributed by atoms with E-state index in [0.29, 0.717) is 17.4 Å². The number of aryl methyl sites for hydroxylation is 1. The molecule has 1 amide bonds. The first-order valence-electron chi connectivity index (χ1n) is 6.80. The van der Waals surface area contributed by atoms with Gasteiger partial charge in [-0.15, -0.1) is 0 Å². The van der Waals surface area contributed by atoms with E-state index in [4.69, 9.17) is 16.3 Å². The molecule has 0 unspecified atom stereocenters. The molecular formula is C16H17ClN2O2. The highest BCUT2D eigenvalue weighted by atomic mass is 35.5. The summed E-state index contributed by atoms with van der Waals surface area (Å²) in [4.78, 5) is 15.7. The van der Waals surface area contributed by atoms with E-state index >= 15 is 0 Å². The van der Waals surface area contributed by atoms with Crippen LogP contribution in [0.4, 0.5) is 5.82 Å². The number of amides is 1. The highest BCUT2D eigenvalue weighted by Gasteiger charge is 2.04. The van der Waals surface area contributed by atoms with Gasteiger partial charge in [0.05, 0.1) is 13.0 Å². The van der Waals surface area contributed by atoms with E-state index in [0.717, 1.165) is 12.2 Å². The zero-order valence-electron chi connectivity index (χ0n) is 11.8. The fourth-order valence-corrected chi connectivity index (χ4v) is 1.92. The number of nitrogens with zero attached hydrogens (tertiary/aromatic N) is 1. The number of rotatable bonds is 6. The number of aromatic nitrogens is 1. The van der Waals surface area contributed by atoms with Crippen molar-refractivity contribution in [3.05, 3.63) is 53.2 Å². The van der Waals surface area contributed by atoms with Gasteiger partial charge < -0.3 is 10.1 Å². The Balaban J connectivity index is 1.76. The molecule has 0 radical (unpaired) electrons. The second-order valence-corrected chi connectivity index (χ2v) is 4.94. The number of halogens is 1. The topological polar surface area (TPSA) is 51.2 Å². The Labute approximate surface area is 129 Å². The molecule has 0 aliphatic rings. The van der Waals surface area contributed by atoms with Crippen LogP contribution in [-0.4, -0.2) is 17.5 Å². The Morgan fingerprint density at radius 3 is 2.71 bits per heavy atom. The molecule has 0 spiro atoms. The van der Waals surface area contributed by atoms with Gasteiger partial charge in [0.15, 0.2) is 0 Å². The van der Waals surface area contributed by atoms with Crippen LogP contribution in [0.3, 0.4) is 0 Å². The van der Waals surface area contributed by atoms with Crippen LogP contribution >= 0.6 is 11.6 Å². The zero-order valence-corrected chi connectivity index (χ0v) is 12.6. The van der Waals surface area contributed by atoms with Crippen LogP contribution in [0, 0.1) is 0 Å². The summed E-state index contributed by atoms with van der Waals surface area (Å²) < 4.78 is 5.53. The highest BCUT2D eigenvalue weighted by Crippen LogP contribution is 2.14. The second kappa shape index (κ2) is 7.64. The van der Waals surface area contributed by atoms with Crippen LogP contribution < -0.4 is 10.1 Å². The quantitative estimate of drug-likeness (QED) is 0.885. The minimum Gasteiger partial charge on any atom is -0.493 e. The van der Waals surface area contributed by atoms with Gasteiger partial charge in [-0.1, -0.05) is 30.7 Å². The van der Waals surface area contributed by atoms with Crippen molar-refractivity contribution in [2.24, 2.45) is 0 Å². The third kappa shape index (κ3) is 5.08. The van der Waals surface area contributed by atoms with Crippen molar-refractivity contribution in [1.82, 2.24) is 4.98 Å². The third-order valence-corrected chi connectivity index (χ3v) is 3.15. The van der Waals surface area contributed by atoms with Crippen LogP contribution in [0.5, 0.6) is 5.75 Å². The first-order valence-corrected chi connectivity index (χ1v) is 7.18. The number of pyridine rings is 1. The Kier molecular flexibility index (Phi) is 5.58. The lowest BCUT2D eigenvalue weighted by Crippen LogP contribution is -2.15. The molecule has 5 heteroatoms. The minimum absolute atomic E-state index is 0.157. The molecule has 110 valence electrons. The summed E-state index contributed by atoms with van der Waals surface area (Å²) in [6.07, 6.45) is 2.79. The van der Waals surface area contributed by atoms with Gasteiger partial charge >= 0.3 is 0 Å². The molecule has 0 fully saturated rings. The lowest BCUT2D eigenvalue weighted by molar-refractivity contribution is -0.116. The largest absolute Gasteiger partial charge is 0.493 e. The van der Waals surface area contributed by atoms with Crippen molar-refractivity contribution in [2.75, 3.05) is 11.9 Å². The van der Waals surface area contributed by atoms with Gasteiger partial charge in [0.2, 0.25) is 5.91 Å². The lowest BCUT2D eigenvalue weighted by Gasteiger charge is -2.07. The summed E-state index contributed by atoms with van der Waals surface area (Å²) in [5.41, 5.74) is 1.26. The smallest absolute Gasteiger partial charge is 0.228 e. The van der Waals surface area contributed by atoms with Crippen LogP contribution in [0.15, 0.2) is 42.6 Å². The number of benzene rings is 1. The molecule has 0 atom stereocenters. The van der Waals surface area contributed by atoms with Gasteiger partial charge in [-0.25, -0.2) is 4.98 Å². The zero-order chi connectivity index (χ0) is 15.1. The van der Waals surface area contributed by atoms with Crippen LogP contribution in [-0.2, 0) is 11.2 Å². The van der Waals surface area contributed by atoms with Gasteiger partial charge in [-0.2, -0.15) is 0 Å². The summed E-state index contributed by atoms with van der Waals surface area (Å²) in [5, 5.41) is 3.21. The van der Waals surface area contributed by atoms with Crippen molar-refractivity contribution in [3.63, 3.8) is 0 Å². The molecule has 1 N–H and O–H groups in total. The lowest BCUT2D eigenvalue weighted by atomic mass is 10.2. The normalized spacial score (nSPS) is 10.2. The van der Waals surface area contributed by atoms with Crippen molar-refractivity contribution in [3.8, 4) is 5.75 Å². The third-order valence-electron chi connectivity index (χ3n) is 2.92. The Bertz CT molecular complexity index is 599. The molecule has 0 saturated heterocycles. The van der Waals surface area contributed by atoms with Gasteiger partial charge in [0.25, 0.3) is 0 Å². The maximum Gasteiger partial charge on any atom is 0.228 e. The van der Waals surface area contributed by atoms with Gasteiger partial charge in [0, 0.05) is 11.2 Å². The molecule has 21 heavy (non-hydrogen) atoms. The standard InChI is InChI=1S/C16H17ClN2O2/c1-2-12-3-5-14(6-4-12)21-10-8-16(20)19-15-11-13(17)7-9-18-15/h3-7,9,11H,2,8,10H2,1H3,(H,18,19,20). The van der Waals surface area contributed by atoms with Gasteiger partial charge in [-0.05, 0) is 36.2 Å². The predicted molar refractivity (Wildman–Crippen MR) is 83.8 cm³/mol. The molecule has 0 saturated carbocycles. The van der Waals surface area contributed by atoms with Crippen LogP contribution in [0.25, 0.3) is 0 Å². The second-order valence-electron chi connectivity index (χ2n) is 4.50. The molecule has 1 aromatic heterocycles. The number of hydrogen-bond acceptors (Lipinski definition) is 3. The Morgan fingerprint density at radius 2 is 2.05 bits per heavy atom. The van der Waals surface area contributed by atoms with Crippen molar-refractivity contribution in [1.29, 1.82) is 0 Å². The molecule has 2 rings (SSSR count). The summed E-state index contributed by atoms with van der Waals surface area (Å²) in [6, 6.07) is 11.1. The van der Waals surface area contributed by atoms with Crippen molar-refractivity contribution >= 4 is 23.3 Å². The van der Waals surface area contributed by atoms with E-state index in [9.17, 15) is 4.79 Å². The van der Waals surface area contributed by atoms with Gasteiger partial charge in [0.1, 0.15) is 11.6 Å². The average molecular weight is 305 g/mol. The van der Waals surface area contributed by atoms with E-state index in [2.05, 4.69) is 17.2 Å². The monoisotopic (exact) mass is 304 g/mol. The molecule has 2 aromatic rings. The van der Waals surface area contributed by atoms with Crippen LogP contribution in [0.1, 0.15) is 18.9 Å². The van der Waals surface area contributed by atoms with Crippen LogP contribution in [0.2, 0.25) is 5.02 Å². The Morgan fingerprint density at radius 1 is 1.29 bits per heavy atom. The molecule has 1 heterocycles. The molecular weight excluding hydrogens is 288 g/mol. The van der Waals surface area contributed by atoms with E-state index < -0.39 is 0 Å². The number of ether oxygens (including phenoxy) is 1. The number of carbonyl (C=O) groups is 1. The van der Waals surface area contributed by atoms with Crippen molar-refractivity contribution in [2.45, 2.75) is 19.8 Å². The molecule has 1 aromatic carbocycles. The van der Waals surface area contributed by atoms with Gasteiger partial charge in [-0.3, -0.25) is 4.79 Å². The highest BCUT2D eigenvalue weighted by molar-refractivity contribution is 6.30. The number of nitrogens with one attached hydrogen (secondary N) is 1. The maximum atomic E-state index is 11.7. The van der Waals surface area contributed by atoms with E-state index in [1.54, 1.807) is 18.3 Å². The first-order chi connectivity index (χ1) is 10.2. The maximum absolute atomic E-state index is 11.7. The number of hydrogen-bond donors (Lipinski definition) is 1. The summed E-state index contributed by atoms with van der Waals surface area (Å²) in [7, 11) is 0. The number of anilines is 1. The molecule has 0 aliphatic heterocycles. The molecule has 4 nitrogen and oxygen atoms in total. The summed E-state index contributed by atoms with van der Waals surface area (Å²) >= 11 is 5.82. The molecule has 0 bridgehead atoms. The first kappa shape index (κ1) is 15.3. The predicted octanol–water partition coefficient (Wildman–Crippen LogP) is 3.71. The van der Waals surface area contributed by atoms with E-state index in [-0.39, 0.29) is 12.3 Å². The van der Waals surface area contributed by atoms with E-state index in [1.807, 2.05) is 24.3 Å². The van der Waals surface area contributed by atoms with Crippen molar-refractivity contribution < 1.29 is 9.53 Å². The minimum atomic E-state index is -0.157. The average Bonchev–Trinajstić information content (AvgIpc) is 2.48. The SMILES string of the molecule is CCc1ccc(OCCC(=O)Nc2cc(Cl)ccn2)cc1. The fraction of sp³-hybridized carbons (Fsp3) is 0.250. The fourth-order valence-electron chi connectivity index (χ4n) is 1.76. The molecule has 0 aliphatic carbocycles. The summed E-state index contributed by atoms with van der Waals surface area (Å²) in [5.74, 6) is 1.05.